The minimum absolute atomic E-state index is 0.115. The van der Waals surface area contributed by atoms with Crippen molar-refractivity contribution in [1.82, 2.24) is 4.72 Å². The number of rotatable bonds is 7. The van der Waals surface area contributed by atoms with Crippen LogP contribution in [0.2, 0.25) is 4.34 Å². The molecule has 0 bridgehead atoms. The molecule has 24 heavy (non-hydrogen) atoms. The molecule has 0 amide bonds. The third kappa shape index (κ3) is 4.48. The van der Waals surface area contributed by atoms with E-state index in [1.165, 1.54) is 24.3 Å². The van der Waals surface area contributed by atoms with Crippen molar-refractivity contribution in [2.75, 3.05) is 6.61 Å². The van der Waals surface area contributed by atoms with Crippen LogP contribution >= 0.6 is 22.9 Å². The highest BCUT2D eigenvalue weighted by molar-refractivity contribution is 7.91. The standard InChI is InChI=1S/C14H13ClF3NO3S2/c15-11-4-5-12(23-11)24(21,22)19-10(7-20)13(14(17)18)8-2-1-3-9(16)6-8/h1-6,10,13-14,19-20H,7H2/t10-,13+/m1/s1. The van der Waals surface area contributed by atoms with Crippen LogP contribution in [0.15, 0.2) is 40.6 Å². The van der Waals surface area contributed by atoms with E-state index in [0.717, 1.165) is 23.5 Å². The monoisotopic (exact) mass is 399 g/mol. The lowest BCUT2D eigenvalue weighted by Crippen LogP contribution is -2.44. The van der Waals surface area contributed by atoms with Crippen LogP contribution < -0.4 is 4.72 Å². The lowest BCUT2D eigenvalue weighted by atomic mass is 9.92. The summed E-state index contributed by atoms with van der Waals surface area (Å²) in [6.45, 7) is -0.885. The van der Waals surface area contributed by atoms with Crippen molar-refractivity contribution in [3.05, 3.63) is 52.1 Å². The van der Waals surface area contributed by atoms with E-state index >= 15 is 0 Å². The lowest BCUT2D eigenvalue weighted by Gasteiger charge is -2.26. The Kier molecular flexibility index (Phi) is 6.27. The lowest BCUT2D eigenvalue weighted by molar-refractivity contribution is 0.0836. The van der Waals surface area contributed by atoms with Crippen molar-refractivity contribution in [2.45, 2.75) is 22.6 Å². The molecule has 0 aliphatic rings. The summed E-state index contributed by atoms with van der Waals surface area (Å²) in [4.78, 5) is 0. The summed E-state index contributed by atoms with van der Waals surface area (Å²) >= 11 is 6.43. The maximum atomic E-state index is 13.4. The van der Waals surface area contributed by atoms with Crippen LogP contribution in [0, 0.1) is 5.82 Å². The second kappa shape index (κ2) is 7.83. The second-order valence-corrected chi connectivity index (χ2v) is 8.54. The molecule has 10 heteroatoms. The van der Waals surface area contributed by atoms with E-state index in [-0.39, 0.29) is 14.1 Å². The Balaban J connectivity index is 2.33. The summed E-state index contributed by atoms with van der Waals surface area (Å²) in [6.07, 6.45) is -3.02. The molecule has 0 fully saturated rings. The molecule has 0 saturated heterocycles. The summed E-state index contributed by atoms with van der Waals surface area (Å²) < 4.78 is 66.8. The van der Waals surface area contributed by atoms with E-state index < -0.39 is 40.8 Å². The van der Waals surface area contributed by atoms with Gasteiger partial charge in [-0.3, -0.25) is 0 Å². The molecule has 4 nitrogen and oxygen atoms in total. The summed E-state index contributed by atoms with van der Waals surface area (Å²) in [6, 6.07) is 5.50. The highest BCUT2D eigenvalue weighted by Gasteiger charge is 2.34. The Bertz CT molecular complexity index is 798. The van der Waals surface area contributed by atoms with Crippen LogP contribution in [0.4, 0.5) is 13.2 Å². The number of thiophene rings is 1. The molecule has 0 aliphatic heterocycles. The fourth-order valence-corrected chi connectivity index (χ4v) is 4.94. The fraction of sp³-hybridized carbons (Fsp3) is 0.286. The smallest absolute Gasteiger partial charge is 0.250 e. The molecule has 2 atom stereocenters. The van der Waals surface area contributed by atoms with Gasteiger partial charge in [-0.05, 0) is 29.8 Å². The molecule has 132 valence electrons. The van der Waals surface area contributed by atoms with Crippen LogP contribution in [-0.2, 0) is 10.0 Å². The van der Waals surface area contributed by atoms with Gasteiger partial charge in [-0.15, -0.1) is 11.3 Å². The number of benzene rings is 1. The summed E-state index contributed by atoms with van der Waals surface area (Å²) in [7, 11) is -4.15. The number of alkyl halides is 2. The van der Waals surface area contributed by atoms with Gasteiger partial charge < -0.3 is 5.11 Å². The van der Waals surface area contributed by atoms with Gasteiger partial charge >= 0.3 is 0 Å². The van der Waals surface area contributed by atoms with Crippen molar-refractivity contribution >= 4 is 33.0 Å². The first kappa shape index (κ1) is 19.2. The predicted molar refractivity (Wildman–Crippen MR) is 85.7 cm³/mol. The second-order valence-electron chi connectivity index (χ2n) is 4.88. The highest BCUT2D eigenvalue weighted by Crippen LogP contribution is 2.30. The van der Waals surface area contributed by atoms with Gasteiger partial charge in [0.15, 0.2) is 0 Å². The van der Waals surface area contributed by atoms with E-state index in [1.54, 1.807) is 0 Å². The zero-order chi connectivity index (χ0) is 17.9. The fourth-order valence-electron chi connectivity index (χ4n) is 2.19. The average Bonchev–Trinajstić information content (AvgIpc) is 2.93. The molecule has 2 rings (SSSR count). The van der Waals surface area contributed by atoms with Crippen molar-refractivity contribution < 1.29 is 26.7 Å². The minimum Gasteiger partial charge on any atom is -0.395 e. The maximum Gasteiger partial charge on any atom is 0.250 e. The third-order valence-corrected chi connectivity index (χ3v) is 6.47. The van der Waals surface area contributed by atoms with Crippen LogP contribution in [-0.4, -0.2) is 32.6 Å². The molecular formula is C14H13ClF3NO3S2. The number of hydrogen-bond donors (Lipinski definition) is 2. The Hall–Kier alpha value is -1.13. The number of aliphatic hydroxyl groups excluding tert-OH is 1. The number of halogens is 4. The van der Waals surface area contributed by atoms with Crippen LogP contribution in [0.5, 0.6) is 0 Å². The largest absolute Gasteiger partial charge is 0.395 e. The number of hydrogen-bond acceptors (Lipinski definition) is 4. The van der Waals surface area contributed by atoms with Crippen LogP contribution in [0.3, 0.4) is 0 Å². The normalized spacial score (nSPS) is 14.8. The summed E-state index contributed by atoms with van der Waals surface area (Å²) in [5.74, 6) is -2.45. The molecule has 0 spiro atoms. The van der Waals surface area contributed by atoms with Gasteiger partial charge in [0.25, 0.3) is 0 Å². The average molecular weight is 400 g/mol. The van der Waals surface area contributed by atoms with Gasteiger partial charge in [0.2, 0.25) is 16.4 Å². The molecule has 2 N–H and O–H groups in total. The van der Waals surface area contributed by atoms with Crippen molar-refractivity contribution in [3.8, 4) is 0 Å². The van der Waals surface area contributed by atoms with Crippen LogP contribution in [0.1, 0.15) is 11.5 Å². The quantitative estimate of drug-likeness (QED) is 0.751. The predicted octanol–water partition coefficient (Wildman–Crippen LogP) is 3.23. The number of aliphatic hydroxyl groups is 1. The molecule has 0 aliphatic carbocycles. The van der Waals surface area contributed by atoms with E-state index in [2.05, 4.69) is 0 Å². The molecule has 1 heterocycles. The first-order valence-electron chi connectivity index (χ1n) is 6.66. The van der Waals surface area contributed by atoms with Crippen LogP contribution in [0.25, 0.3) is 0 Å². The number of sulfonamides is 1. The Morgan fingerprint density at radius 1 is 1.25 bits per heavy atom. The topological polar surface area (TPSA) is 66.4 Å². The zero-order valence-electron chi connectivity index (χ0n) is 12.0. The molecule has 2 aromatic rings. The molecular weight excluding hydrogens is 387 g/mol. The summed E-state index contributed by atoms with van der Waals surface area (Å²) in [5, 5.41) is 9.41. The highest BCUT2D eigenvalue weighted by atomic mass is 35.5. The minimum atomic E-state index is -4.15. The molecule has 0 saturated carbocycles. The maximum absolute atomic E-state index is 13.4. The SMILES string of the molecule is O=S(=O)(N[C@H](CO)[C@H](c1cccc(F)c1)C(F)F)c1ccc(Cl)s1. The zero-order valence-corrected chi connectivity index (χ0v) is 14.4. The molecule has 0 unspecified atom stereocenters. The molecule has 0 radical (unpaired) electrons. The van der Waals surface area contributed by atoms with Crippen molar-refractivity contribution in [2.24, 2.45) is 0 Å². The first-order chi connectivity index (χ1) is 11.2. The third-order valence-electron chi connectivity index (χ3n) is 3.26. The Morgan fingerprint density at radius 2 is 1.96 bits per heavy atom. The van der Waals surface area contributed by atoms with E-state index in [1.807, 2.05) is 4.72 Å². The Morgan fingerprint density at radius 3 is 2.46 bits per heavy atom. The van der Waals surface area contributed by atoms with Gasteiger partial charge in [-0.1, -0.05) is 23.7 Å². The molecule has 1 aromatic heterocycles. The molecule has 1 aromatic carbocycles. The van der Waals surface area contributed by atoms with E-state index in [4.69, 9.17) is 11.6 Å². The van der Waals surface area contributed by atoms with Crippen molar-refractivity contribution in [1.29, 1.82) is 0 Å². The van der Waals surface area contributed by atoms with Gasteiger partial charge in [0, 0.05) is 0 Å². The van der Waals surface area contributed by atoms with E-state index in [9.17, 15) is 26.7 Å². The van der Waals surface area contributed by atoms with Gasteiger partial charge in [0.1, 0.15) is 10.0 Å². The first-order valence-corrected chi connectivity index (χ1v) is 9.34. The Labute approximate surface area is 145 Å². The summed E-state index contributed by atoms with van der Waals surface area (Å²) in [5.41, 5.74) is -0.115. The van der Waals surface area contributed by atoms with E-state index in [0.29, 0.717) is 0 Å². The van der Waals surface area contributed by atoms with Gasteiger partial charge in [-0.2, -0.15) is 0 Å². The van der Waals surface area contributed by atoms with Gasteiger partial charge in [0.05, 0.1) is 22.9 Å². The van der Waals surface area contributed by atoms with Gasteiger partial charge in [-0.25, -0.2) is 26.3 Å². The van der Waals surface area contributed by atoms with Crippen molar-refractivity contribution in [3.63, 3.8) is 0 Å². The number of nitrogens with one attached hydrogen (secondary N) is 1.